The molecule has 0 fully saturated rings. The first-order valence-corrected chi connectivity index (χ1v) is 9.16. The molecular weight excluding hydrogens is 336 g/mol. The van der Waals surface area contributed by atoms with E-state index >= 15 is 0 Å². The normalized spacial score (nSPS) is 10.8. The number of amides is 1. The van der Waals surface area contributed by atoms with Crippen LogP contribution >= 0.6 is 11.8 Å². The molecule has 1 amide bonds. The largest absolute Gasteiger partial charge is 0.467 e. The highest BCUT2D eigenvalue weighted by Crippen LogP contribution is 2.20. The van der Waals surface area contributed by atoms with Crippen molar-refractivity contribution in [1.29, 1.82) is 0 Å². The number of rotatable bonds is 8. The van der Waals surface area contributed by atoms with Crippen molar-refractivity contribution in [3.05, 3.63) is 65.4 Å². The van der Waals surface area contributed by atoms with Crippen LogP contribution in [0, 0.1) is 0 Å². The Balaban J connectivity index is 1.55. The van der Waals surface area contributed by atoms with Crippen LogP contribution in [0.2, 0.25) is 0 Å². The highest BCUT2D eigenvalue weighted by Gasteiger charge is 2.08. The van der Waals surface area contributed by atoms with Crippen LogP contribution < -0.4 is 5.32 Å². The molecule has 0 unspecified atom stereocenters. The Morgan fingerprint density at radius 1 is 1.32 bits per heavy atom. The van der Waals surface area contributed by atoms with Gasteiger partial charge in [0.25, 0.3) is 5.91 Å². The molecule has 2 heterocycles. The molecule has 0 atom stereocenters. The van der Waals surface area contributed by atoms with Crippen LogP contribution in [0.4, 0.5) is 0 Å². The molecule has 3 aromatic rings. The van der Waals surface area contributed by atoms with Crippen LogP contribution in [0.5, 0.6) is 0 Å². The van der Waals surface area contributed by atoms with Gasteiger partial charge in [-0.25, -0.2) is 4.98 Å². The van der Waals surface area contributed by atoms with Gasteiger partial charge in [-0.05, 0) is 36.2 Å². The van der Waals surface area contributed by atoms with E-state index in [2.05, 4.69) is 27.4 Å². The van der Waals surface area contributed by atoms with Crippen molar-refractivity contribution in [1.82, 2.24) is 20.5 Å². The van der Waals surface area contributed by atoms with E-state index in [1.807, 2.05) is 24.3 Å². The third-order valence-electron chi connectivity index (χ3n) is 3.56. The first kappa shape index (κ1) is 17.3. The molecule has 130 valence electrons. The van der Waals surface area contributed by atoms with E-state index in [1.165, 1.54) is 0 Å². The van der Waals surface area contributed by atoms with Crippen LogP contribution in [-0.2, 0) is 18.7 Å². The summed E-state index contributed by atoms with van der Waals surface area (Å²) in [5.41, 5.74) is 1.68. The van der Waals surface area contributed by atoms with Gasteiger partial charge in [-0.1, -0.05) is 30.8 Å². The van der Waals surface area contributed by atoms with Crippen molar-refractivity contribution in [2.75, 3.05) is 0 Å². The lowest BCUT2D eigenvalue weighted by atomic mass is 10.1. The first-order chi connectivity index (χ1) is 12.2. The summed E-state index contributed by atoms with van der Waals surface area (Å²) in [5.74, 6) is 2.23. The molecule has 0 bridgehead atoms. The molecule has 0 aliphatic carbocycles. The molecule has 25 heavy (non-hydrogen) atoms. The van der Waals surface area contributed by atoms with Crippen molar-refractivity contribution in [2.24, 2.45) is 0 Å². The van der Waals surface area contributed by atoms with E-state index in [4.69, 9.17) is 4.42 Å². The molecule has 0 saturated heterocycles. The third kappa shape index (κ3) is 4.96. The zero-order chi connectivity index (χ0) is 17.5. The Kier molecular flexibility index (Phi) is 5.90. The van der Waals surface area contributed by atoms with Gasteiger partial charge in [0.1, 0.15) is 11.6 Å². The second-order valence-electron chi connectivity index (χ2n) is 5.57. The maximum absolute atomic E-state index is 12.3. The maximum atomic E-state index is 12.3. The molecular formula is C18H20N4O2S. The average Bonchev–Trinajstić information content (AvgIpc) is 3.30. The van der Waals surface area contributed by atoms with Crippen molar-refractivity contribution in [2.45, 2.75) is 37.2 Å². The maximum Gasteiger partial charge on any atom is 0.251 e. The summed E-state index contributed by atoms with van der Waals surface area (Å²) in [6.07, 6.45) is 3.53. The predicted octanol–water partition coefficient (Wildman–Crippen LogP) is 3.57. The van der Waals surface area contributed by atoms with E-state index in [-0.39, 0.29) is 5.91 Å². The highest BCUT2D eigenvalue weighted by molar-refractivity contribution is 7.98. The van der Waals surface area contributed by atoms with Crippen molar-refractivity contribution in [3.8, 4) is 0 Å². The summed E-state index contributed by atoms with van der Waals surface area (Å²) in [6, 6.07) is 11.2. The minimum atomic E-state index is -0.119. The van der Waals surface area contributed by atoms with Gasteiger partial charge in [-0.2, -0.15) is 0 Å². The summed E-state index contributed by atoms with van der Waals surface area (Å²) in [6.45, 7) is 2.49. The molecule has 7 heteroatoms. The quantitative estimate of drug-likeness (QED) is 0.603. The Morgan fingerprint density at radius 2 is 2.24 bits per heavy atom. The van der Waals surface area contributed by atoms with Crippen LogP contribution in [0.15, 0.2) is 52.2 Å². The number of hydrogen-bond donors (Lipinski definition) is 2. The van der Waals surface area contributed by atoms with Gasteiger partial charge in [0.15, 0.2) is 0 Å². The molecule has 3 rings (SSSR count). The fourth-order valence-corrected chi connectivity index (χ4v) is 3.08. The molecule has 0 spiro atoms. The van der Waals surface area contributed by atoms with E-state index in [0.29, 0.717) is 17.9 Å². The van der Waals surface area contributed by atoms with E-state index in [9.17, 15) is 4.79 Å². The number of furan rings is 1. The van der Waals surface area contributed by atoms with Gasteiger partial charge < -0.3 is 9.73 Å². The summed E-state index contributed by atoms with van der Waals surface area (Å²) in [7, 11) is 0. The summed E-state index contributed by atoms with van der Waals surface area (Å²) in [5, 5.41) is 10.7. The number of hydrogen-bond acceptors (Lipinski definition) is 5. The summed E-state index contributed by atoms with van der Waals surface area (Å²) >= 11 is 1.55. The van der Waals surface area contributed by atoms with Crippen LogP contribution in [0.3, 0.4) is 0 Å². The molecule has 0 aliphatic rings. The molecule has 6 nitrogen and oxygen atoms in total. The number of nitrogens with zero attached hydrogens (tertiary/aromatic N) is 2. The second kappa shape index (κ2) is 8.53. The zero-order valence-electron chi connectivity index (χ0n) is 14.0. The van der Waals surface area contributed by atoms with Crippen LogP contribution in [-0.4, -0.2) is 21.1 Å². The predicted molar refractivity (Wildman–Crippen MR) is 96.3 cm³/mol. The lowest BCUT2D eigenvalue weighted by Crippen LogP contribution is -2.22. The minimum absolute atomic E-state index is 0.119. The summed E-state index contributed by atoms with van der Waals surface area (Å²) in [4.78, 5) is 16.7. The number of carbonyl (C=O) groups excluding carboxylic acids is 1. The van der Waals surface area contributed by atoms with Gasteiger partial charge in [0, 0.05) is 17.7 Å². The van der Waals surface area contributed by atoms with Crippen LogP contribution in [0.25, 0.3) is 0 Å². The first-order valence-electron chi connectivity index (χ1n) is 8.18. The number of benzene rings is 1. The number of carbonyl (C=O) groups is 1. The molecule has 0 aliphatic heterocycles. The molecule has 0 radical (unpaired) electrons. The number of nitrogens with one attached hydrogen (secondary N) is 2. The van der Waals surface area contributed by atoms with E-state index in [1.54, 1.807) is 30.2 Å². The highest BCUT2D eigenvalue weighted by atomic mass is 32.2. The Morgan fingerprint density at radius 3 is 3.04 bits per heavy atom. The van der Waals surface area contributed by atoms with Crippen molar-refractivity contribution < 1.29 is 9.21 Å². The van der Waals surface area contributed by atoms with Gasteiger partial charge in [0.05, 0.1) is 12.8 Å². The van der Waals surface area contributed by atoms with E-state index in [0.717, 1.165) is 35.1 Å². The fourth-order valence-electron chi connectivity index (χ4n) is 2.32. The van der Waals surface area contributed by atoms with Gasteiger partial charge >= 0.3 is 0 Å². The second-order valence-corrected chi connectivity index (χ2v) is 6.51. The van der Waals surface area contributed by atoms with Crippen LogP contribution in [0.1, 0.15) is 40.9 Å². The zero-order valence-corrected chi connectivity index (χ0v) is 14.8. The van der Waals surface area contributed by atoms with Crippen molar-refractivity contribution >= 4 is 17.7 Å². The molecule has 1 aromatic carbocycles. The van der Waals surface area contributed by atoms with Gasteiger partial charge in [-0.15, -0.1) is 5.10 Å². The number of aromatic amines is 1. The summed E-state index contributed by atoms with van der Waals surface area (Å²) < 4.78 is 5.22. The monoisotopic (exact) mass is 356 g/mol. The van der Waals surface area contributed by atoms with Crippen molar-refractivity contribution in [3.63, 3.8) is 0 Å². The Hall–Kier alpha value is -2.54. The molecule has 0 saturated carbocycles. The number of thioether (sulfide) groups is 1. The van der Waals surface area contributed by atoms with E-state index < -0.39 is 0 Å². The smallest absolute Gasteiger partial charge is 0.251 e. The number of aromatic nitrogens is 3. The van der Waals surface area contributed by atoms with Gasteiger partial charge in [-0.3, -0.25) is 9.89 Å². The standard InChI is InChI=1S/C18H20N4O2S/c1-2-5-16-20-18(22-21-16)25-12-13-6-3-7-14(10-13)17(23)19-11-15-8-4-9-24-15/h3-4,6-10H,2,5,11-12H2,1H3,(H,19,23)(H,20,21,22). The molecule has 2 aromatic heterocycles. The number of H-pyrrole nitrogens is 1. The SMILES string of the molecule is CCCc1nc(SCc2cccc(C(=O)NCc3ccco3)c2)n[nH]1. The Labute approximate surface area is 150 Å². The lowest BCUT2D eigenvalue weighted by molar-refractivity contribution is 0.0948. The van der Waals surface area contributed by atoms with Gasteiger partial charge in [0.2, 0.25) is 5.16 Å². The minimum Gasteiger partial charge on any atom is -0.467 e. The topological polar surface area (TPSA) is 83.8 Å². The number of aryl methyl sites for hydroxylation is 1. The third-order valence-corrected chi connectivity index (χ3v) is 4.48. The average molecular weight is 356 g/mol. The lowest BCUT2D eigenvalue weighted by Gasteiger charge is -2.05. The Bertz CT molecular complexity index is 814. The molecule has 2 N–H and O–H groups in total. The fraction of sp³-hybridized carbons (Fsp3) is 0.278.